The Labute approximate surface area is 154 Å². The molecule has 0 spiro atoms. The molecular formula is C19H28N4O3. The van der Waals surface area contributed by atoms with Crippen molar-refractivity contribution in [2.75, 3.05) is 31.1 Å². The van der Waals surface area contributed by atoms with Gasteiger partial charge in [0, 0.05) is 36.9 Å². The Kier molecular flexibility index (Phi) is 5.98. The number of nitrogens with zero attached hydrogens (tertiary/aromatic N) is 2. The fraction of sp³-hybridized carbons (Fsp3) is 0.579. The van der Waals surface area contributed by atoms with Gasteiger partial charge < -0.3 is 20.6 Å². The highest BCUT2D eigenvalue weighted by atomic mass is 16.4. The van der Waals surface area contributed by atoms with E-state index in [4.69, 9.17) is 5.11 Å². The number of benzene rings is 1. The van der Waals surface area contributed by atoms with Crippen LogP contribution in [0.1, 0.15) is 26.2 Å². The predicted molar refractivity (Wildman–Crippen MR) is 100 cm³/mol. The van der Waals surface area contributed by atoms with Crippen LogP contribution in [0.3, 0.4) is 0 Å². The lowest BCUT2D eigenvalue weighted by atomic mass is 9.85. The number of hydrogen-bond acceptors (Lipinski definition) is 4. The van der Waals surface area contributed by atoms with Crippen molar-refractivity contribution in [1.29, 1.82) is 0 Å². The molecule has 1 saturated heterocycles. The molecule has 142 valence electrons. The second-order valence-corrected chi connectivity index (χ2v) is 7.16. The van der Waals surface area contributed by atoms with Crippen LogP contribution in [0.25, 0.3) is 0 Å². The van der Waals surface area contributed by atoms with Crippen LogP contribution in [0.5, 0.6) is 0 Å². The molecule has 1 aromatic carbocycles. The second kappa shape index (κ2) is 8.40. The number of anilines is 1. The molecule has 2 fully saturated rings. The first-order chi connectivity index (χ1) is 12.5. The minimum Gasteiger partial charge on any atom is -0.480 e. The lowest BCUT2D eigenvalue weighted by molar-refractivity contribution is -0.139. The molecular weight excluding hydrogens is 332 g/mol. The second-order valence-electron chi connectivity index (χ2n) is 7.16. The standard InChI is InChI=1S/C19H28N4O3/c1-2-22(13-18(24)25)17-10-15(11-17)21-19(26)20-14-8-9-23(12-14)16-6-4-3-5-7-16/h3-7,14-15,17H,2,8-13H2,1H3,(H,24,25)(H2,20,21,26). The average molecular weight is 360 g/mol. The number of carbonyl (C=O) groups is 2. The number of carboxylic acids is 1. The van der Waals surface area contributed by atoms with E-state index in [1.807, 2.05) is 30.0 Å². The molecule has 1 aromatic rings. The van der Waals surface area contributed by atoms with E-state index in [0.29, 0.717) is 6.54 Å². The number of carbonyl (C=O) groups excluding carboxylic acids is 1. The van der Waals surface area contributed by atoms with E-state index in [1.165, 1.54) is 5.69 Å². The van der Waals surface area contributed by atoms with Crippen molar-refractivity contribution < 1.29 is 14.7 Å². The quantitative estimate of drug-likeness (QED) is 0.686. The largest absolute Gasteiger partial charge is 0.480 e. The smallest absolute Gasteiger partial charge is 0.317 e. The summed E-state index contributed by atoms with van der Waals surface area (Å²) in [4.78, 5) is 27.3. The Hall–Kier alpha value is -2.28. The Balaban J connectivity index is 1.37. The van der Waals surface area contributed by atoms with Gasteiger partial charge >= 0.3 is 12.0 Å². The van der Waals surface area contributed by atoms with Gasteiger partial charge in [-0.05, 0) is 37.9 Å². The van der Waals surface area contributed by atoms with E-state index in [1.54, 1.807) is 0 Å². The summed E-state index contributed by atoms with van der Waals surface area (Å²) in [7, 11) is 0. The van der Waals surface area contributed by atoms with E-state index in [-0.39, 0.29) is 30.7 Å². The van der Waals surface area contributed by atoms with Crippen LogP contribution in [0.15, 0.2) is 30.3 Å². The summed E-state index contributed by atoms with van der Waals surface area (Å²) in [6.45, 7) is 4.52. The zero-order chi connectivity index (χ0) is 18.5. The molecule has 2 aliphatic rings. The summed E-state index contributed by atoms with van der Waals surface area (Å²) in [6.07, 6.45) is 2.57. The van der Waals surface area contributed by atoms with Gasteiger partial charge in [0.05, 0.1) is 6.54 Å². The third-order valence-corrected chi connectivity index (χ3v) is 5.35. The van der Waals surface area contributed by atoms with E-state index in [0.717, 1.165) is 32.4 Å². The Morgan fingerprint density at radius 2 is 1.88 bits per heavy atom. The topological polar surface area (TPSA) is 84.9 Å². The van der Waals surface area contributed by atoms with Gasteiger partial charge in [0.1, 0.15) is 0 Å². The lowest BCUT2D eigenvalue weighted by Gasteiger charge is -2.42. The summed E-state index contributed by atoms with van der Waals surface area (Å²) >= 11 is 0. The van der Waals surface area contributed by atoms with Gasteiger partial charge in [0.25, 0.3) is 0 Å². The van der Waals surface area contributed by atoms with E-state index in [9.17, 15) is 9.59 Å². The number of urea groups is 1. The maximum atomic E-state index is 12.2. The third kappa shape index (κ3) is 4.66. The van der Waals surface area contributed by atoms with E-state index < -0.39 is 5.97 Å². The molecule has 1 unspecified atom stereocenters. The van der Waals surface area contributed by atoms with Crippen LogP contribution in [0.4, 0.5) is 10.5 Å². The molecule has 1 heterocycles. The molecule has 3 N–H and O–H groups in total. The molecule has 3 rings (SSSR count). The lowest BCUT2D eigenvalue weighted by Crippen LogP contribution is -2.57. The number of hydrogen-bond donors (Lipinski definition) is 3. The number of carboxylic acid groups (broad SMARTS) is 1. The van der Waals surface area contributed by atoms with Crippen LogP contribution in [-0.2, 0) is 4.79 Å². The van der Waals surface area contributed by atoms with Gasteiger partial charge in [-0.25, -0.2) is 4.79 Å². The van der Waals surface area contributed by atoms with Crippen molar-refractivity contribution in [3.8, 4) is 0 Å². The van der Waals surface area contributed by atoms with Crippen molar-refractivity contribution in [3.05, 3.63) is 30.3 Å². The number of likely N-dealkylation sites (N-methyl/N-ethyl adjacent to an activating group) is 1. The number of rotatable bonds is 7. The highest BCUT2D eigenvalue weighted by Crippen LogP contribution is 2.25. The first-order valence-corrected chi connectivity index (χ1v) is 9.38. The summed E-state index contributed by atoms with van der Waals surface area (Å²) in [5, 5.41) is 15.0. The molecule has 0 aromatic heterocycles. The van der Waals surface area contributed by atoms with Crippen molar-refractivity contribution >= 4 is 17.7 Å². The number of para-hydroxylation sites is 1. The monoisotopic (exact) mass is 360 g/mol. The summed E-state index contributed by atoms with van der Waals surface area (Å²) in [5.41, 5.74) is 1.19. The average Bonchev–Trinajstić information content (AvgIpc) is 3.05. The Morgan fingerprint density at radius 3 is 2.54 bits per heavy atom. The van der Waals surface area contributed by atoms with E-state index in [2.05, 4.69) is 27.7 Å². The van der Waals surface area contributed by atoms with Crippen LogP contribution in [-0.4, -0.2) is 66.3 Å². The fourth-order valence-electron chi connectivity index (χ4n) is 3.84. The number of nitrogens with one attached hydrogen (secondary N) is 2. The molecule has 1 atom stereocenters. The maximum Gasteiger partial charge on any atom is 0.317 e. The van der Waals surface area contributed by atoms with Gasteiger partial charge in [0.15, 0.2) is 0 Å². The minimum atomic E-state index is -0.801. The van der Waals surface area contributed by atoms with Gasteiger partial charge in [-0.3, -0.25) is 9.69 Å². The molecule has 1 saturated carbocycles. The van der Waals surface area contributed by atoms with Crippen LogP contribution in [0, 0.1) is 0 Å². The van der Waals surface area contributed by atoms with Crippen molar-refractivity contribution in [3.63, 3.8) is 0 Å². The maximum absolute atomic E-state index is 12.2. The highest BCUT2D eigenvalue weighted by molar-refractivity contribution is 5.75. The molecule has 26 heavy (non-hydrogen) atoms. The normalized spacial score (nSPS) is 25.0. The van der Waals surface area contributed by atoms with Crippen molar-refractivity contribution in [1.82, 2.24) is 15.5 Å². The molecule has 1 aliphatic carbocycles. The van der Waals surface area contributed by atoms with E-state index >= 15 is 0 Å². The van der Waals surface area contributed by atoms with Gasteiger partial charge in [0.2, 0.25) is 0 Å². The molecule has 7 heteroatoms. The Bertz CT molecular complexity index is 618. The Morgan fingerprint density at radius 1 is 1.19 bits per heavy atom. The summed E-state index contributed by atoms with van der Waals surface area (Å²) in [5.74, 6) is -0.801. The molecule has 7 nitrogen and oxygen atoms in total. The molecule has 0 radical (unpaired) electrons. The van der Waals surface area contributed by atoms with Gasteiger partial charge in [-0.2, -0.15) is 0 Å². The zero-order valence-electron chi connectivity index (χ0n) is 15.2. The van der Waals surface area contributed by atoms with Crippen LogP contribution >= 0.6 is 0 Å². The third-order valence-electron chi connectivity index (χ3n) is 5.35. The first kappa shape index (κ1) is 18.5. The van der Waals surface area contributed by atoms with Gasteiger partial charge in [-0.1, -0.05) is 25.1 Å². The minimum absolute atomic E-state index is 0.0669. The number of amides is 2. The molecule has 2 amide bonds. The number of aliphatic carboxylic acids is 1. The van der Waals surface area contributed by atoms with Gasteiger partial charge in [-0.15, -0.1) is 0 Å². The highest BCUT2D eigenvalue weighted by Gasteiger charge is 2.35. The first-order valence-electron chi connectivity index (χ1n) is 9.38. The van der Waals surface area contributed by atoms with Crippen LogP contribution < -0.4 is 15.5 Å². The summed E-state index contributed by atoms with van der Waals surface area (Å²) < 4.78 is 0. The fourth-order valence-corrected chi connectivity index (χ4v) is 3.84. The van der Waals surface area contributed by atoms with Crippen molar-refractivity contribution in [2.24, 2.45) is 0 Å². The summed E-state index contributed by atoms with van der Waals surface area (Å²) in [6, 6.07) is 10.7. The molecule has 0 bridgehead atoms. The van der Waals surface area contributed by atoms with Crippen molar-refractivity contribution in [2.45, 2.75) is 44.3 Å². The SMILES string of the molecule is CCN(CC(=O)O)C1CC(NC(=O)NC2CCN(c3ccccc3)C2)C1. The molecule has 1 aliphatic heterocycles. The predicted octanol–water partition coefficient (Wildman–Crippen LogP) is 1.50. The van der Waals surface area contributed by atoms with Crippen LogP contribution in [0.2, 0.25) is 0 Å². The zero-order valence-corrected chi connectivity index (χ0v) is 15.2.